The van der Waals surface area contributed by atoms with E-state index in [0.717, 1.165) is 17.5 Å². The molecule has 0 aromatic heterocycles. The number of fused-ring (bicyclic) bond motifs is 2. The molecule has 134 valence electrons. The SMILES string of the molecule is O=C(CC(=O)N1CCc2ccccc2C1)NCc1ccc2c(c1)OCO2. The molecule has 0 saturated carbocycles. The Kier molecular flexibility index (Phi) is 4.48. The molecule has 2 aromatic carbocycles. The molecule has 2 aliphatic rings. The van der Waals surface area contributed by atoms with Crippen molar-refractivity contribution in [2.45, 2.75) is 25.9 Å². The summed E-state index contributed by atoms with van der Waals surface area (Å²) in [5.74, 6) is 0.981. The summed E-state index contributed by atoms with van der Waals surface area (Å²) >= 11 is 0. The summed E-state index contributed by atoms with van der Waals surface area (Å²) in [7, 11) is 0. The molecule has 26 heavy (non-hydrogen) atoms. The lowest BCUT2D eigenvalue weighted by Gasteiger charge is -2.28. The molecule has 0 unspecified atom stereocenters. The van der Waals surface area contributed by atoms with Gasteiger partial charge in [0.05, 0.1) is 0 Å². The Morgan fingerprint density at radius 3 is 2.73 bits per heavy atom. The summed E-state index contributed by atoms with van der Waals surface area (Å²) in [6.45, 7) is 1.81. The van der Waals surface area contributed by atoms with Gasteiger partial charge < -0.3 is 19.7 Å². The molecular formula is C20H20N2O4. The molecule has 0 saturated heterocycles. The van der Waals surface area contributed by atoms with Crippen LogP contribution in [0.4, 0.5) is 0 Å². The molecule has 6 nitrogen and oxygen atoms in total. The molecule has 0 atom stereocenters. The first kappa shape index (κ1) is 16.4. The van der Waals surface area contributed by atoms with Gasteiger partial charge in [0.15, 0.2) is 11.5 Å². The molecule has 0 spiro atoms. The molecule has 0 bridgehead atoms. The zero-order chi connectivity index (χ0) is 17.9. The molecule has 0 radical (unpaired) electrons. The van der Waals surface area contributed by atoms with Gasteiger partial charge >= 0.3 is 0 Å². The van der Waals surface area contributed by atoms with E-state index >= 15 is 0 Å². The third-order valence-corrected chi connectivity index (χ3v) is 4.72. The van der Waals surface area contributed by atoms with E-state index in [2.05, 4.69) is 11.4 Å². The quantitative estimate of drug-likeness (QED) is 0.855. The molecule has 6 heteroatoms. The third-order valence-electron chi connectivity index (χ3n) is 4.72. The van der Waals surface area contributed by atoms with E-state index in [1.165, 1.54) is 5.56 Å². The Bertz CT molecular complexity index is 849. The van der Waals surface area contributed by atoms with Crippen LogP contribution in [0.5, 0.6) is 11.5 Å². The number of ether oxygens (including phenoxy) is 2. The fraction of sp³-hybridized carbons (Fsp3) is 0.300. The number of hydrogen-bond acceptors (Lipinski definition) is 4. The summed E-state index contributed by atoms with van der Waals surface area (Å²) < 4.78 is 10.6. The number of amides is 2. The van der Waals surface area contributed by atoms with E-state index in [-0.39, 0.29) is 25.0 Å². The van der Waals surface area contributed by atoms with Gasteiger partial charge in [-0.15, -0.1) is 0 Å². The van der Waals surface area contributed by atoms with Crippen LogP contribution in [0.1, 0.15) is 23.1 Å². The van der Waals surface area contributed by atoms with Crippen molar-refractivity contribution in [2.75, 3.05) is 13.3 Å². The molecule has 2 aromatic rings. The van der Waals surface area contributed by atoms with Crippen LogP contribution in [0, 0.1) is 0 Å². The maximum atomic E-state index is 12.4. The fourth-order valence-electron chi connectivity index (χ4n) is 3.27. The van der Waals surface area contributed by atoms with Crippen molar-refractivity contribution >= 4 is 11.8 Å². The third kappa shape index (κ3) is 3.49. The normalized spacial score (nSPS) is 14.7. The van der Waals surface area contributed by atoms with Crippen molar-refractivity contribution in [3.63, 3.8) is 0 Å². The molecule has 2 amide bonds. The Hall–Kier alpha value is -3.02. The molecule has 0 fully saturated rings. The predicted molar refractivity (Wildman–Crippen MR) is 94.6 cm³/mol. The fourth-order valence-corrected chi connectivity index (χ4v) is 3.27. The van der Waals surface area contributed by atoms with Crippen molar-refractivity contribution in [1.82, 2.24) is 10.2 Å². The number of benzene rings is 2. The van der Waals surface area contributed by atoms with E-state index in [1.807, 2.05) is 36.4 Å². The van der Waals surface area contributed by atoms with Crippen molar-refractivity contribution in [2.24, 2.45) is 0 Å². The van der Waals surface area contributed by atoms with Crippen molar-refractivity contribution in [3.05, 3.63) is 59.2 Å². The standard InChI is InChI=1S/C20H20N2O4/c23-19(21-11-14-5-6-17-18(9-14)26-13-25-17)10-20(24)22-8-7-15-3-1-2-4-16(15)12-22/h1-6,9H,7-8,10-13H2,(H,21,23). The van der Waals surface area contributed by atoms with Gasteiger partial charge in [-0.05, 0) is 35.2 Å². The average molecular weight is 352 g/mol. The van der Waals surface area contributed by atoms with Crippen molar-refractivity contribution in [1.29, 1.82) is 0 Å². The minimum atomic E-state index is -0.272. The van der Waals surface area contributed by atoms with E-state index in [1.54, 1.807) is 4.90 Å². The second kappa shape index (κ2) is 7.07. The first-order valence-electron chi connectivity index (χ1n) is 8.69. The number of nitrogens with one attached hydrogen (secondary N) is 1. The van der Waals surface area contributed by atoms with Crippen LogP contribution < -0.4 is 14.8 Å². The highest BCUT2D eigenvalue weighted by Crippen LogP contribution is 2.32. The maximum absolute atomic E-state index is 12.4. The zero-order valence-corrected chi connectivity index (χ0v) is 14.4. The van der Waals surface area contributed by atoms with E-state index < -0.39 is 0 Å². The summed E-state index contributed by atoms with van der Waals surface area (Å²) in [5.41, 5.74) is 3.35. The Morgan fingerprint density at radius 1 is 1.04 bits per heavy atom. The largest absolute Gasteiger partial charge is 0.454 e. The number of rotatable bonds is 4. The second-order valence-corrected chi connectivity index (χ2v) is 6.48. The predicted octanol–water partition coefficient (Wildman–Crippen LogP) is 2.01. The molecule has 1 N–H and O–H groups in total. The average Bonchev–Trinajstić information content (AvgIpc) is 3.13. The van der Waals surface area contributed by atoms with E-state index in [4.69, 9.17) is 9.47 Å². The lowest BCUT2D eigenvalue weighted by atomic mass is 10.00. The number of nitrogens with zero attached hydrogens (tertiary/aromatic N) is 1. The van der Waals surface area contributed by atoms with Gasteiger partial charge in [0, 0.05) is 19.6 Å². The van der Waals surface area contributed by atoms with Gasteiger partial charge in [-0.3, -0.25) is 9.59 Å². The van der Waals surface area contributed by atoms with E-state index in [0.29, 0.717) is 31.1 Å². The van der Waals surface area contributed by atoms with Gasteiger partial charge in [-0.2, -0.15) is 0 Å². The molecular weight excluding hydrogens is 332 g/mol. The molecule has 0 aliphatic carbocycles. The van der Waals surface area contributed by atoms with Crippen LogP contribution in [0.25, 0.3) is 0 Å². The Balaban J connectivity index is 1.29. The van der Waals surface area contributed by atoms with Gasteiger partial charge in [0.1, 0.15) is 6.42 Å². The summed E-state index contributed by atoms with van der Waals surface area (Å²) in [6, 6.07) is 13.7. The minimum Gasteiger partial charge on any atom is -0.454 e. The highest BCUT2D eigenvalue weighted by molar-refractivity contribution is 5.96. The second-order valence-electron chi connectivity index (χ2n) is 6.48. The van der Waals surface area contributed by atoms with Gasteiger partial charge in [0.25, 0.3) is 0 Å². The smallest absolute Gasteiger partial charge is 0.232 e. The van der Waals surface area contributed by atoms with Gasteiger partial charge in [-0.1, -0.05) is 30.3 Å². The summed E-state index contributed by atoms with van der Waals surface area (Å²) in [6.07, 6.45) is 0.702. The molecule has 4 rings (SSSR count). The summed E-state index contributed by atoms with van der Waals surface area (Å²) in [4.78, 5) is 26.3. The highest BCUT2D eigenvalue weighted by atomic mass is 16.7. The lowest BCUT2D eigenvalue weighted by Crippen LogP contribution is -2.38. The van der Waals surface area contributed by atoms with E-state index in [9.17, 15) is 9.59 Å². The van der Waals surface area contributed by atoms with Crippen LogP contribution in [-0.4, -0.2) is 30.1 Å². The monoisotopic (exact) mass is 352 g/mol. The van der Waals surface area contributed by atoms with Crippen molar-refractivity contribution in [3.8, 4) is 11.5 Å². The number of carbonyl (C=O) groups is 2. The van der Waals surface area contributed by atoms with Crippen LogP contribution in [0.2, 0.25) is 0 Å². The number of hydrogen-bond donors (Lipinski definition) is 1. The zero-order valence-electron chi connectivity index (χ0n) is 14.4. The number of carbonyl (C=O) groups excluding carboxylic acids is 2. The van der Waals surface area contributed by atoms with Crippen LogP contribution in [-0.2, 0) is 29.1 Å². The highest BCUT2D eigenvalue weighted by Gasteiger charge is 2.22. The Labute approximate surface area is 151 Å². The molecule has 2 heterocycles. The van der Waals surface area contributed by atoms with Gasteiger partial charge in [-0.25, -0.2) is 0 Å². The first-order valence-corrected chi connectivity index (χ1v) is 8.69. The van der Waals surface area contributed by atoms with Gasteiger partial charge in [0.2, 0.25) is 18.6 Å². The lowest BCUT2D eigenvalue weighted by molar-refractivity contribution is -0.136. The van der Waals surface area contributed by atoms with Crippen LogP contribution >= 0.6 is 0 Å². The van der Waals surface area contributed by atoms with Crippen molar-refractivity contribution < 1.29 is 19.1 Å². The first-order chi connectivity index (χ1) is 12.7. The molecule has 2 aliphatic heterocycles. The maximum Gasteiger partial charge on any atom is 0.232 e. The topological polar surface area (TPSA) is 67.9 Å². The summed E-state index contributed by atoms with van der Waals surface area (Å²) in [5, 5.41) is 2.80. The van der Waals surface area contributed by atoms with Crippen LogP contribution in [0.3, 0.4) is 0 Å². The minimum absolute atomic E-state index is 0.132. The Morgan fingerprint density at radius 2 is 1.85 bits per heavy atom. The van der Waals surface area contributed by atoms with Crippen LogP contribution in [0.15, 0.2) is 42.5 Å².